The summed E-state index contributed by atoms with van der Waals surface area (Å²) in [6.07, 6.45) is 0. The van der Waals surface area contributed by atoms with Gasteiger partial charge in [0.15, 0.2) is 0 Å². The van der Waals surface area contributed by atoms with Crippen LogP contribution in [0.2, 0.25) is 0 Å². The zero-order valence-corrected chi connectivity index (χ0v) is 8.97. The minimum atomic E-state index is -2.69. The topological polar surface area (TPSA) is 120 Å². The second-order valence-corrected chi connectivity index (χ2v) is 4.07. The van der Waals surface area contributed by atoms with Crippen molar-refractivity contribution < 1.29 is 34.2 Å². The fraction of sp³-hybridized carbons (Fsp3) is 0.625. The van der Waals surface area contributed by atoms with Crippen LogP contribution >= 0.6 is 0 Å². The predicted molar refractivity (Wildman–Crippen MR) is 42.5 cm³/mol. The lowest BCUT2D eigenvalue weighted by atomic mass is 10.1. The van der Waals surface area contributed by atoms with Crippen molar-refractivity contribution in [2.45, 2.75) is 0 Å². The van der Waals surface area contributed by atoms with Crippen LogP contribution < -0.4 is 15.3 Å². The third-order valence-electron chi connectivity index (χ3n) is 0.707. The minimum absolute atomic E-state index is 1.00. The molecule has 15 heavy (non-hydrogen) atoms. The lowest BCUT2D eigenvalue weighted by Gasteiger charge is -2.18. The monoisotopic (exact) mass is 219 g/mol. The van der Waals surface area contributed by atoms with Crippen LogP contribution in [0.1, 0.15) is 0 Å². The Morgan fingerprint density at radius 1 is 0.800 bits per heavy atom. The van der Waals surface area contributed by atoms with Gasteiger partial charge in [0.05, 0.1) is 52.0 Å². The lowest BCUT2D eigenvalue weighted by Crippen LogP contribution is -2.52. The maximum atomic E-state index is 9.63. The van der Waals surface area contributed by atoms with E-state index in [9.17, 15) is 29.7 Å². The molecular weight excluding hydrogens is 206 g/mol. The molecule has 0 radical (unpaired) electrons. The molecule has 0 aromatic heterocycles. The second-order valence-electron chi connectivity index (χ2n) is 4.07. The van der Waals surface area contributed by atoms with E-state index in [2.05, 4.69) is 28.2 Å². The second kappa shape index (κ2) is 5.97. The molecule has 0 bridgehead atoms. The van der Waals surface area contributed by atoms with E-state index in [1.165, 1.54) is 0 Å². The number of carbonyl (C=O) groups is 3. The van der Waals surface area contributed by atoms with Crippen molar-refractivity contribution in [3.63, 3.8) is 0 Å². The highest BCUT2D eigenvalue weighted by Gasteiger charge is 2.11. The number of carboxylic acid groups (broad SMARTS) is 3. The Labute approximate surface area is 87.1 Å². The van der Waals surface area contributed by atoms with Gasteiger partial charge in [-0.3, -0.25) is 0 Å². The summed E-state index contributed by atoms with van der Waals surface area (Å²) in [6.45, 7) is 0. The highest BCUT2D eigenvalue weighted by Crippen LogP contribution is 1.88. The van der Waals surface area contributed by atoms with E-state index in [0.717, 1.165) is 4.48 Å². The molecule has 0 aliphatic carbocycles. The quantitative estimate of drug-likeness (QED) is 0.347. The Kier molecular flexibility index (Phi) is 6.30. The summed E-state index contributed by atoms with van der Waals surface area (Å²) in [4.78, 5) is 28.9. The van der Waals surface area contributed by atoms with Gasteiger partial charge in [-0.2, -0.15) is 0 Å². The van der Waals surface area contributed by atoms with Gasteiger partial charge in [-0.25, -0.2) is 0 Å². The molecule has 7 heteroatoms. The average Bonchev–Trinajstić information content (AvgIpc) is 1.77. The molecule has 7 nitrogen and oxygen atoms in total. The third-order valence-corrected chi connectivity index (χ3v) is 0.707. The number of quaternary nitrogens is 1. The molecule has 0 aromatic carbocycles. The third kappa shape index (κ3) is 12.4. The van der Waals surface area contributed by atoms with Gasteiger partial charge in [-0.05, 0) is 0 Å². The van der Waals surface area contributed by atoms with Crippen molar-refractivity contribution in [3.05, 3.63) is 0 Å². The first-order valence-electron chi connectivity index (χ1n) is 3.88. The van der Waals surface area contributed by atoms with Crippen molar-refractivity contribution >= 4 is 17.9 Å². The van der Waals surface area contributed by atoms with Gasteiger partial charge >= 0.3 is 0 Å². The van der Waals surface area contributed by atoms with Crippen LogP contribution in [-0.2, 0) is 14.4 Å². The maximum absolute atomic E-state index is 9.63. The molecule has 0 spiro atoms. The number of aliphatic carboxylic acids is 3. The minimum Gasteiger partial charge on any atom is -0.549 e. The number of hydrogen-bond donors (Lipinski definition) is 0. The number of nitrogens with zero attached hydrogens (tertiary/aromatic N) is 1. The van der Waals surface area contributed by atoms with Crippen LogP contribution in [0.25, 0.3) is 0 Å². The molecule has 0 aromatic rings. The summed E-state index contributed by atoms with van der Waals surface area (Å²) in [5, 5.41) is 28.9. The first-order chi connectivity index (χ1) is 6.46. The Balaban J connectivity index is 0. The SMILES string of the molecule is C[N+](C)(C)C.O=C([O-])C(C(=O)[O-])C(=O)[O-]. The summed E-state index contributed by atoms with van der Waals surface area (Å²) >= 11 is 0. The van der Waals surface area contributed by atoms with E-state index in [1.54, 1.807) is 0 Å². The summed E-state index contributed by atoms with van der Waals surface area (Å²) < 4.78 is 1.00. The molecule has 88 valence electrons. The normalized spacial score (nSPS) is 10.2. The molecule has 0 fully saturated rings. The smallest absolute Gasteiger partial charge is 0.0778 e. The summed E-state index contributed by atoms with van der Waals surface area (Å²) in [7, 11) is 8.50. The highest BCUT2D eigenvalue weighted by atomic mass is 16.4. The Morgan fingerprint density at radius 3 is 0.933 bits per heavy atom. The molecule has 0 atom stereocenters. The zero-order valence-electron chi connectivity index (χ0n) is 8.97. The molecular formula is C8H13NO6-2. The van der Waals surface area contributed by atoms with E-state index in [4.69, 9.17) is 0 Å². The van der Waals surface area contributed by atoms with E-state index in [0.29, 0.717) is 0 Å². The Morgan fingerprint density at radius 2 is 0.933 bits per heavy atom. The van der Waals surface area contributed by atoms with Crippen LogP contribution in [0.3, 0.4) is 0 Å². The van der Waals surface area contributed by atoms with Crippen molar-refractivity contribution in [1.82, 2.24) is 0 Å². The molecule has 0 N–H and O–H groups in total. The molecule has 0 aliphatic rings. The van der Waals surface area contributed by atoms with Gasteiger partial charge < -0.3 is 34.2 Å². The van der Waals surface area contributed by atoms with Gasteiger partial charge in [0.25, 0.3) is 0 Å². The summed E-state index contributed by atoms with van der Waals surface area (Å²) in [5.74, 6) is -9.44. The molecule has 0 rings (SSSR count). The standard InChI is InChI=1S/C4H12N.C4H4O6/c1-5(2,3)4;5-2(6)1(3(7)8)4(9)10/h1-4H3;1H,(H,5,6)(H,7,8)(H,9,10)/q+1;/p-3. The molecule has 0 heterocycles. The Bertz CT molecular complexity index is 215. The largest absolute Gasteiger partial charge is 0.549 e. The Hall–Kier alpha value is -1.63. The summed E-state index contributed by atoms with van der Waals surface area (Å²) in [6, 6.07) is 0. The average molecular weight is 219 g/mol. The molecule has 0 saturated heterocycles. The zero-order chi connectivity index (χ0) is 12.8. The van der Waals surface area contributed by atoms with E-state index < -0.39 is 23.8 Å². The van der Waals surface area contributed by atoms with Crippen molar-refractivity contribution in [2.24, 2.45) is 5.92 Å². The number of carbonyl (C=O) groups excluding carboxylic acids is 3. The first-order valence-corrected chi connectivity index (χ1v) is 3.88. The highest BCUT2D eigenvalue weighted by molar-refractivity contribution is 6.08. The maximum Gasteiger partial charge on any atom is 0.0778 e. The van der Waals surface area contributed by atoms with Crippen LogP contribution in [0, 0.1) is 5.92 Å². The van der Waals surface area contributed by atoms with Crippen molar-refractivity contribution in [1.29, 1.82) is 0 Å². The fourth-order valence-electron chi connectivity index (χ4n) is 0.289. The van der Waals surface area contributed by atoms with Crippen LogP contribution in [0.15, 0.2) is 0 Å². The van der Waals surface area contributed by atoms with Crippen LogP contribution in [0.5, 0.6) is 0 Å². The predicted octanol–water partition coefficient (Wildman–Crippen LogP) is -4.83. The van der Waals surface area contributed by atoms with Crippen molar-refractivity contribution in [3.8, 4) is 0 Å². The van der Waals surface area contributed by atoms with E-state index in [1.807, 2.05) is 0 Å². The molecule has 0 unspecified atom stereocenters. The van der Waals surface area contributed by atoms with Gasteiger partial charge in [0, 0.05) is 0 Å². The molecule has 0 aliphatic heterocycles. The van der Waals surface area contributed by atoms with Gasteiger partial charge in [-0.1, -0.05) is 0 Å². The number of rotatable bonds is 3. The van der Waals surface area contributed by atoms with Gasteiger partial charge in [0.2, 0.25) is 0 Å². The van der Waals surface area contributed by atoms with Gasteiger partial charge in [-0.15, -0.1) is 0 Å². The fourth-order valence-corrected chi connectivity index (χ4v) is 0.289. The number of carboxylic acids is 3. The van der Waals surface area contributed by atoms with E-state index >= 15 is 0 Å². The lowest BCUT2D eigenvalue weighted by molar-refractivity contribution is -0.849. The van der Waals surface area contributed by atoms with Crippen molar-refractivity contribution in [2.75, 3.05) is 28.2 Å². The van der Waals surface area contributed by atoms with Gasteiger partial charge in [0.1, 0.15) is 0 Å². The first kappa shape index (κ1) is 15.8. The van der Waals surface area contributed by atoms with Crippen LogP contribution in [-0.4, -0.2) is 50.6 Å². The molecule has 0 amide bonds. The number of hydrogen-bond acceptors (Lipinski definition) is 6. The molecule has 0 saturated carbocycles. The summed E-state index contributed by atoms with van der Waals surface area (Å²) in [5.41, 5.74) is 0. The van der Waals surface area contributed by atoms with E-state index in [-0.39, 0.29) is 0 Å². The van der Waals surface area contributed by atoms with Crippen LogP contribution in [0.4, 0.5) is 0 Å².